The lowest BCUT2D eigenvalue weighted by atomic mass is 9.91. The van der Waals surface area contributed by atoms with E-state index in [1.165, 1.54) is 24.5 Å². The van der Waals surface area contributed by atoms with Gasteiger partial charge < -0.3 is 21.5 Å². The van der Waals surface area contributed by atoms with Crippen LogP contribution in [-0.2, 0) is 4.79 Å². The number of rotatable bonds is 4. The van der Waals surface area contributed by atoms with Gasteiger partial charge in [-0.1, -0.05) is 18.2 Å². The maximum atomic E-state index is 11.3. The fraction of sp³-hybridized carbons (Fsp3) is 0.263. The summed E-state index contributed by atoms with van der Waals surface area (Å²) in [4.78, 5) is 11.3. The Morgan fingerprint density at radius 3 is 2.72 bits per heavy atom. The number of nitrogens with two attached hydrogens (primary N) is 1. The molecule has 6 nitrogen and oxygen atoms in total. The molecule has 6 N–H and O–H groups in total. The number of nitrogens with one attached hydrogen (secondary N) is 3. The molecule has 1 amide bonds. The van der Waals surface area contributed by atoms with Crippen LogP contribution in [0, 0.1) is 5.41 Å². The second-order valence-electron chi connectivity index (χ2n) is 6.23. The Kier molecular flexibility index (Phi) is 5.00. The predicted octanol–water partition coefficient (Wildman–Crippen LogP) is 2.34. The minimum atomic E-state index is -0.690. The molecule has 2 aliphatic rings. The van der Waals surface area contributed by atoms with Crippen LogP contribution in [-0.4, -0.2) is 29.8 Å². The maximum absolute atomic E-state index is 11.3. The van der Waals surface area contributed by atoms with E-state index >= 15 is 0 Å². The van der Waals surface area contributed by atoms with Crippen LogP contribution in [0.1, 0.15) is 24.3 Å². The average Bonchev–Trinajstić information content (AvgIpc) is 2.63. The van der Waals surface area contributed by atoms with E-state index in [1.54, 1.807) is 12.2 Å². The molecule has 130 valence electrons. The SMILES string of the molecule is N=C1C(C(N)=O)=CC=C/C1=C(\O)Nc1ccc([C@@H]2CCCNC2)cc1. The molecule has 0 spiro atoms. The van der Waals surface area contributed by atoms with Crippen LogP contribution in [0.4, 0.5) is 5.69 Å². The molecule has 1 aromatic carbocycles. The maximum Gasteiger partial charge on any atom is 0.250 e. The molecule has 0 bridgehead atoms. The highest BCUT2D eigenvalue weighted by Gasteiger charge is 2.20. The first-order valence-electron chi connectivity index (χ1n) is 8.34. The monoisotopic (exact) mass is 338 g/mol. The van der Waals surface area contributed by atoms with Gasteiger partial charge >= 0.3 is 0 Å². The standard InChI is InChI=1S/C19H22N4O2/c20-17-15(18(21)24)4-1-5-16(17)19(25)23-14-8-6-12(7-9-14)13-3-2-10-22-11-13/h1,4-9,13,20,22-23,25H,2-3,10-11H2,(H2,21,24)/b19-16+,20-17?/t13-/m1/s1. The van der Waals surface area contributed by atoms with Crippen molar-refractivity contribution in [1.29, 1.82) is 5.41 Å². The molecule has 0 radical (unpaired) electrons. The number of anilines is 1. The lowest BCUT2D eigenvalue weighted by Gasteiger charge is -2.23. The Balaban J connectivity index is 1.73. The van der Waals surface area contributed by atoms with Crippen molar-refractivity contribution in [3.8, 4) is 0 Å². The van der Waals surface area contributed by atoms with E-state index in [0.29, 0.717) is 11.6 Å². The van der Waals surface area contributed by atoms with Crippen molar-refractivity contribution in [3.05, 3.63) is 65.1 Å². The number of benzene rings is 1. The van der Waals surface area contributed by atoms with Crippen LogP contribution in [0.15, 0.2) is 59.5 Å². The van der Waals surface area contributed by atoms with Crippen LogP contribution >= 0.6 is 0 Å². The van der Waals surface area contributed by atoms with Gasteiger partial charge in [0.1, 0.15) is 0 Å². The van der Waals surface area contributed by atoms with E-state index in [0.717, 1.165) is 13.1 Å². The van der Waals surface area contributed by atoms with Crippen molar-refractivity contribution >= 4 is 17.3 Å². The number of allylic oxidation sites excluding steroid dienone is 4. The van der Waals surface area contributed by atoms with Crippen molar-refractivity contribution in [3.63, 3.8) is 0 Å². The number of carbonyl (C=O) groups excluding carboxylic acids is 1. The van der Waals surface area contributed by atoms with Crippen LogP contribution < -0.4 is 16.4 Å². The summed E-state index contributed by atoms with van der Waals surface area (Å²) in [6.07, 6.45) is 6.99. The molecule has 1 heterocycles. The summed E-state index contributed by atoms with van der Waals surface area (Å²) >= 11 is 0. The molecule has 1 aromatic rings. The quantitative estimate of drug-likeness (QED) is 0.543. The Morgan fingerprint density at radius 2 is 2.08 bits per heavy atom. The summed E-state index contributed by atoms with van der Waals surface area (Å²) in [5, 5.41) is 24.6. The van der Waals surface area contributed by atoms with Crippen molar-refractivity contribution in [2.45, 2.75) is 18.8 Å². The third kappa shape index (κ3) is 3.80. The number of amides is 1. The summed E-state index contributed by atoms with van der Waals surface area (Å²) in [6.45, 7) is 2.07. The largest absolute Gasteiger partial charge is 0.494 e. The Hall–Kier alpha value is -2.86. The Labute approximate surface area is 146 Å². The van der Waals surface area contributed by atoms with Gasteiger partial charge in [-0.3, -0.25) is 10.2 Å². The van der Waals surface area contributed by atoms with Crippen LogP contribution in [0.3, 0.4) is 0 Å². The number of carbonyl (C=O) groups is 1. The zero-order valence-corrected chi connectivity index (χ0v) is 13.9. The van der Waals surface area contributed by atoms with Gasteiger partial charge in [-0.2, -0.15) is 0 Å². The number of aliphatic hydroxyl groups excluding tert-OH is 1. The highest BCUT2D eigenvalue weighted by molar-refractivity contribution is 6.28. The van der Waals surface area contributed by atoms with E-state index < -0.39 is 5.91 Å². The first kappa shape index (κ1) is 17.0. The molecule has 3 rings (SSSR count). The summed E-state index contributed by atoms with van der Waals surface area (Å²) in [7, 11) is 0. The van der Waals surface area contributed by atoms with Crippen molar-refractivity contribution in [2.75, 3.05) is 18.4 Å². The Morgan fingerprint density at radius 1 is 1.32 bits per heavy atom. The van der Waals surface area contributed by atoms with Crippen LogP contribution in [0.2, 0.25) is 0 Å². The summed E-state index contributed by atoms with van der Waals surface area (Å²) in [5.41, 5.74) is 7.45. The normalized spacial score (nSPS) is 22.3. The third-order valence-electron chi connectivity index (χ3n) is 4.53. The average molecular weight is 338 g/mol. The van der Waals surface area contributed by atoms with E-state index in [2.05, 4.69) is 22.8 Å². The van der Waals surface area contributed by atoms with Gasteiger partial charge in [0.15, 0.2) is 5.88 Å². The minimum Gasteiger partial charge on any atom is -0.494 e. The molecule has 1 fully saturated rings. The molecule has 25 heavy (non-hydrogen) atoms. The van der Waals surface area contributed by atoms with E-state index in [-0.39, 0.29) is 22.7 Å². The third-order valence-corrected chi connectivity index (χ3v) is 4.53. The molecule has 0 aromatic heterocycles. The smallest absolute Gasteiger partial charge is 0.250 e. The highest BCUT2D eigenvalue weighted by Crippen LogP contribution is 2.25. The topological polar surface area (TPSA) is 111 Å². The molecule has 1 aliphatic carbocycles. The molecule has 0 saturated carbocycles. The van der Waals surface area contributed by atoms with Crippen LogP contribution in [0.5, 0.6) is 0 Å². The van der Waals surface area contributed by atoms with E-state index in [9.17, 15) is 9.90 Å². The molecular weight excluding hydrogens is 316 g/mol. The predicted molar refractivity (Wildman–Crippen MR) is 98.7 cm³/mol. The van der Waals surface area contributed by atoms with Gasteiger partial charge in [-0.05, 0) is 55.2 Å². The number of aliphatic hydroxyl groups is 1. The number of hydrogen-bond acceptors (Lipinski definition) is 5. The zero-order chi connectivity index (χ0) is 17.8. The summed E-state index contributed by atoms with van der Waals surface area (Å²) in [6, 6.07) is 7.91. The molecular formula is C19H22N4O2. The van der Waals surface area contributed by atoms with E-state index in [1.807, 2.05) is 12.1 Å². The fourth-order valence-electron chi connectivity index (χ4n) is 3.13. The lowest BCUT2D eigenvalue weighted by molar-refractivity contribution is -0.114. The first-order valence-corrected chi connectivity index (χ1v) is 8.34. The second kappa shape index (κ2) is 7.36. The Bertz CT molecular complexity index is 769. The first-order chi connectivity index (χ1) is 12.1. The number of hydrogen-bond donors (Lipinski definition) is 5. The van der Waals surface area contributed by atoms with Gasteiger partial charge in [0, 0.05) is 12.2 Å². The van der Waals surface area contributed by atoms with Crippen molar-refractivity contribution in [2.24, 2.45) is 5.73 Å². The number of primary amides is 1. The van der Waals surface area contributed by atoms with Gasteiger partial charge in [0.25, 0.3) is 5.91 Å². The molecule has 6 heteroatoms. The molecule has 0 unspecified atom stereocenters. The van der Waals surface area contributed by atoms with Gasteiger partial charge in [-0.25, -0.2) is 0 Å². The summed E-state index contributed by atoms with van der Waals surface area (Å²) < 4.78 is 0. The lowest BCUT2D eigenvalue weighted by Crippen LogP contribution is -2.28. The second-order valence-corrected chi connectivity index (χ2v) is 6.23. The zero-order valence-electron chi connectivity index (χ0n) is 13.9. The van der Waals surface area contributed by atoms with Gasteiger partial charge in [0.05, 0.1) is 16.9 Å². The fourth-order valence-corrected chi connectivity index (χ4v) is 3.13. The minimum absolute atomic E-state index is 0.0750. The van der Waals surface area contributed by atoms with Crippen molar-refractivity contribution in [1.82, 2.24) is 5.32 Å². The van der Waals surface area contributed by atoms with Gasteiger partial charge in [0.2, 0.25) is 0 Å². The summed E-state index contributed by atoms with van der Waals surface area (Å²) in [5.74, 6) is -0.349. The van der Waals surface area contributed by atoms with Crippen molar-refractivity contribution < 1.29 is 9.90 Å². The van der Waals surface area contributed by atoms with Gasteiger partial charge in [-0.15, -0.1) is 0 Å². The van der Waals surface area contributed by atoms with Crippen LogP contribution in [0.25, 0.3) is 0 Å². The number of piperidine rings is 1. The molecule has 1 atom stereocenters. The van der Waals surface area contributed by atoms with E-state index in [4.69, 9.17) is 11.1 Å². The molecule has 1 aliphatic heterocycles. The molecule has 1 saturated heterocycles. The highest BCUT2D eigenvalue weighted by atomic mass is 16.3.